The SMILES string of the molecule is ClC(Cl)c1cc(Br)cc(C(Cl)Cl)c1. The second-order valence-corrected chi connectivity index (χ2v) is 5.53. The van der Waals surface area contributed by atoms with Crippen LogP contribution < -0.4 is 0 Å². The Morgan fingerprint density at radius 1 is 0.846 bits per heavy atom. The molecule has 0 atom stereocenters. The van der Waals surface area contributed by atoms with E-state index in [4.69, 9.17) is 46.4 Å². The summed E-state index contributed by atoms with van der Waals surface area (Å²) >= 11 is 26.2. The van der Waals surface area contributed by atoms with E-state index in [1.54, 1.807) is 6.07 Å². The third-order valence-electron chi connectivity index (χ3n) is 1.45. The molecular weight excluding hydrogens is 318 g/mol. The molecule has 0 aliphatic carbocycles. The molecule has 1 rings (SSSR count). The first-order valence-corrected chi connectivity index (χ1v) is 5.91. The lowest BCUT2D eigenvalue weighted by molar-refractivity contribution is 1.26. The third-order valence-corrected chi connectivity index (χ3v) is 2.91. The van der Waals surface area contributed by atoms with Gasteiger partial charge in [0, 0.05) is 4.47 Å². The van der Waals surface area contributed by atoms with E-state index in [0.717, 1.165) is 15.6 Å². The fourth-order valence-electron chi connectivity index (χ4n) is 0.888. The van der Waals surface area contributed by atoms with E-state index < -0.39 is 9.67 Å². The fraction of sp³-hybridized carbons (Fsp3) is 0.250. The Kier molecular flexibility index (Phi) is 4.67. The molecular formula is C8H5BrCl4. The van der Waals surface area contributed by atoms with E-state index in [0.29, 0.717) is 0 Å². The molecule has 0 saturated heterocycles. The van der Waals surface area contributed by atoms with Crippen molar-refractivity contribution >= 4 is 62.3 Å². The van der Waals surface area contributed by atoms with Crippen LogP contribution in [0.5, 0.6) is 0 Å². The molecule has 0 heterocycles. The van der Waals surface area contributed by atoms with Gasteiger partial charge in [-0.3, -0.25) is 0 Å². The zero-order valence-corrected chi connectivity index (χ0v) is 10.9. The summed E-state index contributed by atoms with van der Waals surface area (Å²) in [5.41, 5.74) is 1.55. The van der Waals surface area contributed by atoms with E-state index in [1.165, 1.54) is 0 Å². The molecule has 72 valence electrons. The van der Waals surface area contributed by atoms with Crippen molar-refractivity contribution in [3.8, 4) is 0 Å². The van der Waals surface area contributed by atoms with Crippen LogP contribution in [0.1, 0.15) is 20.8 Å². The van der Waals surface area contributed by atoms with Gasteiger partial charge < -0.3 is 0 Å². The summed E-state index contributed by atoms with van der Waals surface area (Å²) in [7, 11) is 0. The van der Waals surface area contributed by atoms with E-state index in [1.807, 2.05) is 12.1 Å². The Balaban J connectivity index is 3.11. The van der Waals surface area contributed by atoms with Crippen molar-refractivity contribution in [1.29, 1.82) is 0 Å². The lowest BCUT2D eigenvalue weighted by atomic mass is 10.2. The molecule has 5 heteroatoms. The third kappa shape index (κ3) is 3.49. The van der Waals surface area contributed by atoms with Crippen molar-refractivity contribution in [2.45, 2.75) is 9.67 Å². The highest BCUT2D eigenvalue weighted by molar-refractivity contribution is 9.10. The number of halogens is 5. The summed E-state index contributed by atoms with van der Waals surface area (Å²) in [5.74, 6) is 0. The monoisotopic (exact) mass is 320 g/mol. The maximum atomic E-state index is 5.71. The predicted molar refractivity (Wildman–Crippen MR) is 63.0 cm³/mol. The van der Waals surface area contributed by atoms with Gasteiger partial charge in [0.2, 0.25) is 0 Å². The highest BCUT2D eigenvalue weighted by Gasteiger charge is 2.09. The molecule has 0 spiro atoms. The molecule has 13 heavy (non-hydrogen) atoms. The molecule has 0 unspecified atom stereocenters. The van der Waals surface area contributed by atoms with Crippen molar-refractivity contribution in [2.24, 2.45) is 0 Å². The minimum Gasteiger partial charge on any atom is -0.100 e. The first-order chi connectivity index (χ1) is 6.00. The number of alkyl halides is 4. The quantitative estimate of drug-likeness (QED) is 0.639. The molecule has 1 aromatic carbocycles. The Morgan fingerprint density at radius 3 is 1.54 bits per heavy atom. The van der Waals surface area contributed by atoms with Gasteiger partial charge in [-0.05, 0) is 23.3 Å². The molecule has 0 aliphatic rings. The van der Waals surface area contributed by atoms with Gasteiger partial charge in [-0.25, -0.2) is 0 Å². The van der Waals surface area contributed by atoms with Crippen molar-refractivity contribution in [3.05, 3.63) is 33.8 Å². The van der Waals surface area contributed by atoms with Crippen molar-refractivity contribution < 1.29 is 0 Å². The number of benzene rings is 1. The van der Waals surface area contributed by atoms with Crippen LogP contribution in [-0.2, 0) is 0 Å². The van der Waals surface area contributed by atoms with E-state index in [2.05, 4.69) is 15.9 Å². The number of hydrogen-bond acceptors (Lipinski definition) is 0. The molecule has 0 bridgehead atoms. The highest BCUT2D eigenvalue weighted by atomic mass is 79.9. The topological polar surface area (TPSA) is 0 Å². The maximum Gasteiger partial charge on any atom is 0.132 e. The minimum absolute atomic E-state index is 0.566. The molecule has 0 radical (unpaired) electrons. The molecule has 1 aromatic rings. The van der Waals surface area contributed by atoms with Gasteiger partial charge in [-0.15, -0.1) is 46.4 Å². The summed E-state index contributed by atoms with van der Waals surface area (Å²) in [6.07, 6.45) is 0. The fourth-order valence-corrected chi connectivity index (χ4v) is 1.92. The Hall–Kier alpha value is 0.860. The molecule has 0 N–H and O–H groups in total. The van der Waals surface area contributed by atoms with Gasteiger partial charge in [0.25, 0.3) is 0 Å². The highest BCUT2D eigenvalue weighted by Crippen LogP contribution is 2.33. The van der Waals surface area contributed by atoms with Crippen LogP contribution in [0.3, 0.4) is 0 Å². The predicted octanol–water partition coefficient (Wildman–Crippen LogP) is 5.40. The van der Waals surface area contributed by atoms with Crippen molar-refractivity contribution in [1.82, 2.24) is 0 Å². The zero-order valence-electron chi connectivity index (χ0n) is 6.28. The smallest absolute Gasteiger partial charge is 0.100 e. The second kappa shape index (κ2) is 5.09. The molecule has 0 aromatic heterocycles. The van der Waals surface area contributed by atoms with Gasteiger partial charge in [-0.2, -0.15) is 0 Å². The van der Waals surface area contributed by atoms with E-state index in [9.17, 15) is 0 Å². The van der Waals surface area contributed by atoms with Crippen LogP contribution in [0.2, 0.25) is 0 Å². The van der Waals surface area contributed by atoms with Crippen molar-refractivity contribution in [3.63, 3.8) is 0 Å². The van der Waals surface area contributed by atoms with Gasteiger partial charge in [0.1, 0.15) is 9.67 Å². The maximum absolute atomic E-state index is 5.71. The van der Waals surface area contributed by atoms with Gasteiger partial charge >= 0.3 is 0 Å². The largest absolute Gasteiger partial charge is 0.132 e. The molecule has 0 fully saturated rings. The molecule has 0 aliphatic heterocycles. The standard InChI is InChI=1S/C8H5BrCl4/c9-6-2-4(7(10)11)1-5(3-6)8(12)13/h1-3,7-8H. The average molecular weight is 323 g/mol. The summed E-state index contributed by atoms with van der Waals surface area (Å²) in [4.78, 5) is -1.13. The Morgan fingerprint density at radius 2 is 1.23 bits per heavy atom. The number of hydrogen-bond donors (Lipinski definition) is 0. The minimum atomic E-state index is -0.566. The first-order valence-electron chi connectivity index (χ1n) is 3.37. The van der Waals surface area contributed by atoms with Gasteiger partial charge in [0.15, 0.2) is 0 Å². The van der Waals surface area contributed by atoms with Gasteiger partial charge in [0.05, 0.1) is 0 Å². The van der Waals surface area contributed by atoms with Crippen LogP contribution >= 0.6 is 62.3 Å². The lowest BCUT2D eigenvalue weighted by Gasteiger charge is -2.07. The van der Waals surface area contributed by atoms with Gasteiger partial charge in [-0.1, -0.05) is 22.0 Å². The Labute approximate surface area is 105 Å². The summed E-state index contributed by atoms with van der Waals surface area (Å²) in [5, 5.41) is 0. The molecule has 0 nitrogen and oxygen atoms in total. The first kappa shape index (κ1) is 11.9. The Bertz CT molecular complexity index is 272. The summed E-state index contributed by atoms with van der Waals surface area (Å²) < 4.78 is 0.859. The normalized spacial score (nSPS) is 11.3. The van der Waals surface area contributed by atoms with E-state index >= 15 is 0 Å². The van der Waals surface area contributed by atoms with Crippen LogP contribution in [0, 0.1) is 0 Å². The van der Waals surface area contributed by atoms with Crippen molar-refractivity contribution in [2.75, 3.05) is 0 Å². The molecule has 0 amide bonds. The van der Waals surface area contributed by atoms with Crippen LogP contribution in [-0.4, -0.2) is 0 Å². The second-order valence-electron chi connectivity index (χ2n) is 2.42. The lowest BCUT2D eigenvalue weighted by Crippen LogP contribution is -1.87. The average Bonchev–Trinajstić information content (AvgIpc) is 2.03. The van der Waals surface area contributed by atoms with Crippen LogP contribution in [0.15, 0.2) is 22.7 Å². The zero-order chi connectivity index (χ0) is 10.0. The summed E-state index contributed by atoms with van der Waals surface area (Å²) in [6, 6.07) is 5.43. The summed E-state index contributed by atoms with van der Waals surface area (Å²) in [6.45, 7) is 0. The molecule has 0 saturated carbocycles. The number of rotatable bonds is 2. The van der Waals surface area contributed by atoms with Crippen LogP contribution in [0.25, 0.3) is 0 Å². The van der Waals surface area contributed by atoms with Crippen LogP contribution in [0.4, 0.5) is 0 Å². The van der Waals surface area contributed by atoms with E-state index in [-0.39, 0.29) is 0 Å².